The van der Waals surface area contributed by atoms with Gasteiger partial charge in [-0.05, 0) is 43.1 Å². The molecule has 1 aromatic rings. The van der Waals surface area contributed by atoms with Gasteiger partial charge < -0.3 is 10.2 Å². The van der Waals surface area contributed by atoms with Gasteiger partial charge in [0.05, 0.1) is 11.5 Å². The highest BCUT2D eigenvalue weighted by Crippen LogP contribution is 2.57. The Morgan fingerprint density at radius 3 is 2.40 bits per heavy atom. The summed E-state index contributed by atoms with van der Waals surface area (Å²) >= 11 is 0. The van der Waals surface area contributed by atoms with Crippen molar-refractivity contribution >= 4 is 5.97 Å². The molecule has 0 spiro atoms. The minimum atomic E-state index is -0.755. The van der Waals surface area contributed by atoms with Crippen LogP contribution in [0.5, 0.6) is 0 Å². The van der Waals surface area contributed by atoms with Crippen LogP contribution in [0, 0.1) is 16.7 Å². The molecule has 20 heavy (non-hydrogen) atoms. The van der Waals surface area contributed by atoms with Crippen LogP contribution in [0.4, 0.5) is 0 Å². The molecule has 0 heterocycles. The molecule has 1 aliphatic carbocycles. The smallest absolute Gasteiger partial charge is 0.309 e. The van der Waals surface area contributed by atoms with E-state index < -0.39 is 22.9 Å². The molecule has 1 aliphatic rings. The number of hydrogen-bond acceptors (Lipinski definition) is 2. The Kier molecular flexibility index (Phi) is 3.92. The van der Waals surface area contributed by atoms with Gasteiger partial charge in [-0.1, -0.05) is 44.2 Å². The number of carboxylic acids is 1. The average Bonchev–Trinajstić information content (AvgIpc) is 2.63. The Morgan fingerprint density at radius 2 is 1.90 bits per heavy atom. The normalized spacial score (nSPS) is 30.1. The Morgan fingerprint density at radius 1 is 1.30 bits per heavy atom. The van der Waals surface area contributed by atoms with E-state index in [4.69, 9.17) is 0 Å². The fourth-order valence-corrected chi connectivity index (χ4v) is 3.59. The third-order valence-electron chi connectivity index (χ3n) is 5.53. The van der Waals surface area contributed by atoms with Crippen LogP contribution in [0.15, 0.2) is 30.3 Å². The molecule has 0 radical (unpaired) electrons. The maximum atomic E-state index is 11.6. The molecule has 1 fully saturated rings. The first kappa shape index (κ1) is 15.0. The quantitative estimate of drug-likeness (QED) is 0.888. The standard InChI is InChI=1S/C17H24O3/c1-16(2)13(9-10-17(16,3)15(19)20)14(18)11-12-7-5-4-6-8-12/h4-8,13-14,18H,9-11H2,1-3H3,(H,19,20)/t13-,14+,17-/m0/s1. The number of benzene rings is 1. The van der Waals surface area contributed by atoms with Gasteiger partial charge in [0, 0.05) is 0 Å². The Bertz CT molecular complexity index is 480. The van der Waals surface area contributed by atoms with E-state index in [-0.39, 0.29) is 5.92 Å². The van der Waals surface area contributed by atoms with E-state index in [0.717, 1.165) is 12.0 Å². The SMILES string of the molecule is CC1(C)[C@H]([C@H](O)Cc2ccccc2)CC[C@@]1(C)C(=O)O. The summed E-state index contributed by atoms with van der Waals surface area (Å²) in [6.45, 7) is 5.77. The molecule has 0 amide bonds. The van der Waals surface area contributed by atoms with Gasteiger partial charge in [-0.2, -0.15) is 0 Å². The highest BCUT2D eigenvalue weighted by molar-refractivity contribution is 5.75. The number of carboxylic acid groups (broad SMARTS) is 1. The topological polar surface area (TPSA) is 57.5 Å². The molecule has 3 heteroatoms. The predicted octanol–water partition coefficient (Wildman–Crippen LogP) is 3.12. The van der Waals surface area contributed by atoms with Crippen molar-refractivity contribution in [1.82, 2.24) is 0 Å². The molecule has 1 saturated carbocycles. The Labute approximate surface area is 120 Å². The lowest BCUT2D eigenvalue weighted by Gasteiger charge is -2.40. The zero-order valence-corrected chi connectivity index (χ0v) is 12.5. The molecule has 2 rings (SSSR count). The first-order valence-electron chi connectivity index (χ1n) is 7.24. The number of aliphatic hydroxyl groups is 1. The van der Waals surface area contributed by atoms with Crippen molar-refractivity contribution in [2.45, 2.75) is 46.1 Å². The van der Waals surface area contributed by atoms with Gasteiger partial charge in [0.2, 0.25) is 0 Å². The van der Waals surface area contributed by atoms with Gasteiger partial charge in [0.25, 0.3) is 0 Å². The molecule has 0 unspecified atom stereocenters. The maximum Gasteiger partial charge on any atom is 0.309 e. The van der Waals surface area contributed by atoms with Crippen molar-refractivity contribution in [2.24, 2.45) is 16.7 Å². The number of carbonyl (C=O) groups is 1. The van der Waals surface area contributed by atoms with E-state index in [0.29, 0.717) is 12.8 Å². The third-order valence-corrected chi connectivity index (χ3v) is 5.53. The zero-order chi connectivity index (χ0) is 15.0. The van der Waals surface area contributed by atoms with Crippen LogP contribution < -0.4 is 0 Å². The second-order valence-electron chi connectivity index (χ2n) is 6.76. The highest BCUT2D eigenvalue weighted by atomic mass is 16.4. The van der Waals surface area contributed by atoms with Gasteiger partial charge in [0.15, 0.2) is 0 Å². The van der Waals surface area contributed by atoms with Gasteiger partial charge in [-0.3, -0.25) is 4.79 Å². The van der Waals surface area contributed by atoms with E-state index in [1.807, 2.05) is 51.1 Å². The predicted molar refractivity (Wildman–Crippen MR) is 78.4 cm³/mol. The second kappa shape index (κ2) is 5.21. The summed E-state index contributed by atoms with van der Waals surface area (Å²) in [5, 5.41) is 20.1. The Hall–Kier alpha value is -1.35. The molecule has 1 aromatic carbocycles. The van der Waals surface area contributed by atoms with Crippen LogP contribution in [0.25, 0.3) is 0 Å². The fourth-order valence-electron chi connectivity index (χ4n) is 3.59. The van der Waals surface area contributed by atoms with Crippen molar-refractivity contribution in [3.8, 4) is 0 Å². The Balaban J connectivity index is 2.16. The van der Waals surface area contributed by atoms with Gasteiger partial charge >= 0.3 is 5.97 Å². The molecular weight excluding hydrogens is 252 g/mol. The highest BCUT2D eigenvalue weighted by Gasteiger charge is 2.57. The lowest BCUT2D eigenvalue weighted by atomic mass is 9.64. The van der Waals surface area contributed by atoms with Crippen LogP contribution in [-0.2, 0) is 11.2 Å². The van der Waals surface area contributed by atoms with Crippen LogP contribution in [-0.4, -0.2) is 22.3 Å². The van der Waals surface area contributed by atoms with Crippen molar-refractivity contribution in [3.05, 3.63) is 35.9 Å². The fraction of sp³-hybridized carbons (Fsp3) is 0.588. The van der Waals surface area contributed by atoms with Gasteiger partial charge in [-0.15, -0.1) is 0 Å². The number of aliphatic hydroxyl groups excluding tert-OH is 1. The lowest BCUT2D eigenvalue weighted by Crippen LogP contribution is -2.44. The van der Waals surface area contributed by atoms with Crippen LogP contribution >= 0.6 is 0 Å². The zero-order valence-electron chi connectivity index (χ0n) is 12.5. The number of hydrogen-bond donors (Lipinski definition) is 2. The second-order valence-corrected chi connectivity index (χ2v) is 6.76. The summed E-state index contributed by atoms with van der Waals surface area (Å²) in [4.78, 5) is 11.6. The van der Waals surface area contributed by atoms with Crippen LogP contribution in [0.3, 0.4) is 0 Å². The number of aliphatic carboxylic acids is 1. The summed E-state index contributed by atoms with van der Waals surface area (Å²) in [5.74, 6) is -0.735. The molecule has 0 aromatic heterocycles. The number of rotatable bonds is 4. The minimum Gasteiger partial charge on any atom is -0.481 e. The van der Waals surface area contributed by atoms with E-state index >= 15 is 0 Å². The molecular formula is C17H24O3. The van der Waals surface area contributed by atoms with Gasteiger partial charge in [-0.25, -0.2) is 0 Å². The molecule has 110 valence electrons. The first-order chi connectivity index (χ1) is 9.29. The summed E-state index contributed by atoms with van der Waals surface area (Å²) in [7, 11) is 0. The van der Waals surface area contributed by atoms with Gasteiger partial charge in [0.1, 0.15) is 0 Å². The van der Waals surface area contributed by atoms with Crippen molar-refractivity contribution in [3.63, 3.8) is 0 Å². The third kappa shape index (κ3) is 2.35. The molecule has 2 N–H and O–H groups in total. The van der Waals surface area contributed by atoms with E-state index in [2.05, 4.69) is 0 Å². The summed E-state index contributed by atoms with van der Waals surface area (Å²) in [6.07, 6.45) is 1.49. The van der Waals surface area contributed by atoms with Crippen molar-refractivity contribution < 1.29 is 15.0 Å². The molecule has 0 bridgehead atoms. The summed E-state index contributed by atoms with van der Waals surface area (Å²) in [5.41, 5.74) is -0.0674. The minimum absolute atomic E-state index is 0.0174. The summed E-state index contributed by atoms with van der Waals surface area (Å²) < 4.78 is 0. The van der Waals surface area contributed by atoms with Crippen molar-refractivity contribution in [1.29, 1.82) is 0 Å². The summed E-state index contributed by atoms with van der Waals surface area (Å²) in [6, 6.07) is 9.88. The van der Waals surface area contributed by atoms with E-state index in [9.17, 15) is 15.0 Å². The van der Waals surface area contributed by atoms with Crippen LogP contribution in [0.2, 0.25) is 0 Å². The van der Waals surface area contributed by atoms with E-state index in [1.54, 1.807) is 0 Å². The lowest BCUT2D eigenvalue weighted by molar-refractivity contribution is -0.155. The van der Waals surface area contributed by atoms with E-state index in [1.165, 1.54) is 0 Å². The molecule has 0 aliphatic heterocycles. The van der Waals surface area contributed by atoms with Crippen LogP contribution in [0.1, 0.15) is 39.2 Å². The maximum absolute atomic E-state index is 11.6. The molecule has 3 atom stereocenters. The molecule has 3 nitrogen and oxygen atoms in total. The first-order valence-corrected chi connectivity index (χ1v) is 7.24. The molecule has 0 saturated heterocycles. The van der Waals surface area contributed by atoms with Crippen molar-refractivity contribution in [2.75, 3.05) is 0 Å². The largest absolute Gasteiger partial charge is 0.481 e. The average molecular weight is 276 g/mol. The monoisotopic (exact) mass is 276 g/mol.